The van der Waals surface area contributed by atoms with E-state index >= 15 is 0 Å². The number of aromatic carboxylic acids is 1. The molecule has 0 aliphatic heterocycles. The van der Waals surface area contributed by atoms with E-state index in [-0.39, 0.29) is 16.1 Å². The highest BCUT2D eigenvalue weighted by molar-refractivity contribution is 6.33. The van der Waals surface area contributed by atoms with Crippen molar-refractivity contribution >= 4 is 17.6 Å². The number of nitrogens with zero attached hydrogens (tertiary/aromatic N) is 1. The minimum atomic E-state index is -1.18. The van der Waals surface area contributed by atoms with E-state index in [0.717, 1.165) is 5.56 Å². The first-order chi connectivity index (χ1) is 6.06. The zero-order valence-corrected chi connectivity index (χ0v) is 7.59. The normalized spacial score (nSPS) is 9.31. The second-order valence-electron chi connectivity index (χ2n) is 2.59. The fourth-order valence-electron chi connectivity index (χ4n) is 1.05. The van der Waals surface area contributed by atoms with Crippen LogP contribution in [-0.4, -0.2) is 11.1 Å². The van der Waals surface area contributed by atoms with Crippen molar-refractivity contribution < 1.29 is 9.90 Å². The van der Waals surface area contributed by atoms with E-state index < -0.39 is 5.97 Å². The molecule has 1 N–H and O–H groups in total. The molecule has 1 aromatic carbocycles. The molecule has 0 spiro atoms. The number of carbonyl (C=O) groups is 1. The molecule has 4 heteroatoms. The lowest BCUT2D eigenvalue weighted by molar-refractivity contribution is 0.0697. The van der Waals surface area contributed by atoms with Gasteiger partial charge in [-0.1, -0.05) is 11.6 Å². The Morgan fingerprint density at radius 3 is 2.69 bits per heavy atom. The van der Waals surface area contributed by atoms with Crippen molar-refractivity contribution in [2.24, 2.45) is 0 Å². The Morgan fingerprint density at radius 2 is 2.23 bits per heavy atom. The van der Waals surface area contributed by atoms with Crippen molar-refractivity contribution in [2.75, 3.05) is 0 Å². The summed E-state index contributed by atoms with van der Waals surface area (Å²) in [6, 6.07) is 4.81. The van der Waals surface area contributed by atoms with Gasteiger partial charge in [0.2, 0.25) is 0 Å². The second-order valence-corrected chi connectivity index (χ2v) is 2.99. The standard InChI is InChI=1S/C9H6ClNO2/c1-5-2-6(4-11)8(9(12)13)7(10)3-5/h2-3H,1H3,(H,12,13). The van der Waals surface area contributed by atoms with Gasteiger partial charge in [0, 0.05) is 0 Å². The van der Waals surface area contributed by atoms with E-state index in [2.05, 4.69) is 0 Å². The topological polar surface area (TPSA) is 61.1 Å². The summed E-state index contributed by atoms with van der Waals surface area (Å²) < 4.78 is 0. The Hall–Kier alpha value is -1.53. The van der Waals surface area contributed by atoms with E-state index in [0.29, 0.717) is 0 Å². The largest absolute Gasteiger partial charge is 0.478 e. The lowest BCUT2D eigenvalue weighted by Crippen LogP contribution is -2.01. The number of carboxylic acid groups (broad SMARTS) is 1. The summed E-state index contributed by atoms with van der Waals surface area (Å²) in [5.41, 5.74) is 0.735. The minimum absolute atomic E-state index is 0.0949. The number of hydrogen-bond acceptors (Lipinski definition) is 2. The third-order valence-corrected chi connectivity index (χ3v) is 1.87. The molecule has 0 heterocycles. The van der Waals surface area contributed by atoms with Crippen LogP contribution in [0, 0.1) is 18.3 Å². The molecule has 0 radical (unpaired) electrons. The summed E-state index contributed by atoms with van der Waals surface area (Å²) in [6.07, 6.45) is 0. The molecule has 0 saturated heterocycles. The van der Waals surface area contributed by atoms with Gasteiger partial charge in [0.05, 0.1) is 16.1 Å². The van der Waals surface area contributed by atoms with Crippen LogP contribution in [-0.2, 0) is 0 Å². The van der Waals surface area contributed by atoms with Gasteiger partial charge in [0.1, 0.15) is 6.07 Å². The Morgan fingerprint density at radius 1 is 1.62 bits per heavy atom. The average molecular weight is 196 g/mol. The zero-order valence-electron chi connectivity index (χ0n) is 6.84. The van der Waals surface area contributed by atoms with Crippen molar-refractivity contribution in [3.63, 3.8) is 0 Å². The van der Waals surface area contributed by atoms with Crippen molar-refractivity contribution in [3.8, 4) is 6.07 Å². The van der Waals surface area contributed by atoms with E-state index in [1.54, 1.807) is 13.0 Å². The lowest BCUT2D eigenvalue weighted by Gasteiger charge is -2.02. The highest BCUT2D eigenvalue weighted by Gasteiger charge is 2.14. The molecule has 0 aliphatic rings. The van der Waals surface area contributed by atoms with Crippen LogP contribution in [0.1, 0.15) is 21.5 Å². The number of nitriles is 1. The van der Waals surface area contributed by atoms with Crippen LogP contribution in [0.15, 0.2) is 12.1 Å². The third-order valence-electron chi connectivity index (χ3n) is 1.57. The van der Waals surface area contributed by atoms with Crippen LogP contribution >= 0.6 is 11.6 Å². The van der Waals surface area contributed by atoms with Gasteiger partial charge >= 0.3 is 5.97 Å². The predicted octanol–water partition coefficient (Wildman–Crippen LogP) is 2.22. The highest BCUT2D eigenvalue weighted by atomic mass is 35.5. The fraction of sp³-hybridized carbons (Fsp3) is 0.111. The van der Waals surface area contributed by atoms with Crippen molar-refractivity contribution in [3.05, 3.63) is 33.8 Å². The van der Waals surface area contributed by atoms with Crippen LogP contribution in [0.2, 0.25) is 5.02 Å². The van der Waals surface area contributed by atoms with Gasteiger partial charge in [-0.05, 0) is 24.6 Å². The first-order valence-electron chi connectivity index (χ1n) is 3.50. The van der Waals surface area contributed by atoms with Gasteiger partial charge in [-0.2, -0.15) is 5.26 Å². The number of hydrogen-bond donors (Lipinski definition) is 1. The van der Waals surface area contributed by atoms with E-state index in [4.69, 9.17) is 22.0 Å². The second kappa shape index (κ2) is 3.46. The average Bonchev–Trinajstić information content (AvgIpc) is 2.01. The number of benzene rings is 1. The molecule has 0 bridgehead atoms. The summed E-state index contributed by atoms with van der Waals surface area (Å²) >= 11 is 5.68. The van der Waals surface area contributed by atoms with Crippen LogP contribution in [0.4, 0.5) is 0 Å². The summed E-state index contributed by atoms with van der Waals surface area (Å²) in [5.74, 6) is -1.18. The van der Waals surface area contributed by atoms with Crippen molar-refractivity contribution in [1.82, 2.24) is 0 Å². The summed E-state index contributed by atoms with van der Waals surface area (Å²) in [5, 5.41) is 17.5. The van der Waals surface area contributed by atoms with Crippen molar-refractivity contribution in [2.45, 2.75) is 6.92 Å². The maximum Gasteiger partial charge on any atom is 0.338 e. The number of aryl methyl sites for hydroxylation is 1. The predicted molar refractivity (Wildman–Crippen MR) is 47.9 cm³/mol. The molecule has 0 saturated carbocycles. The summed E-state index contributed by atoms with van der Waals surface area (Å²) in [4.78, 5) is 10.7. The maximum absolute atomic E-state index is 10.7. The van der Waals surface area contributed by atoms with Crippen LogP contribution < -0.4 is 0 Å². The Labute approximate surface area is 80.2 Å². The van der Waals surface area contributed by atoms with Gasteiger partial charge in [-0.25, -0.2) is 4.79 Å². The third kappa shape index (κ3) is 1.79. The fourth-order valence-corrected chi connectivity index (χ4v) is 1.40. The first kappa shape index (κ1) is 9.56. The maximum atomic E-state index is 10.7. The molecule has 0 unspecified atom stereocenters. The molecule has 1 aromatic rings. The minimum Gasteiger partial charge on any atom is -0.478 e. The Kier molecular flexibility index (Phi) is 2.54. The molecule has 0 fully saturated rings. The molecule has 3 nitrogen and oxygen atoms in total. The van der Waals surface area contributed by atoms with Gasteiger partial charge in [0.25, 0.3) is 0 Å². The lowest BCUT2D eigenvalue weighted by atomic mass is 10.1. The number of rotatable bonds is 1. The molecule has 0 aromatic heterocycles. The van der Waals surface area contributed by atoms with Gasteiger partial charge in [0.15, 0.2) is 0 Å². The highest BCUT2D eigenvalue weighted by Crippen LogP contribution is 2.21. The van der Waals surface area contributed by atoms with Gasteiger partial charge in [-0.3, -0.25) is 0 Å². The quantitative estimate of drug-likeness (QED) is 0.748. The van der Waals surface area contributed by atoms with Crippen molar-refractivity contribution in [1.29, 1.82) is 5.26 Å². The van der Waals surface area contributed by atoms with Crippen LogP contribution in [0.25, 0.3) is 0 Å². The van der Waals surface area contributed by atoms with E-state index in [9.17, 15) is 4.79 Å². The molecule has 0 atom stereocenters. The summed E-state index contributed by atoms with van der Waals surface area (Å²) in [7, 11) is 0. The monoisotopic (exact) mass is 195 g/mol. The molecule has 1 rings (SSSR count). The Balaban J connectivity index is 3.50. The Bertz CT molecular complexity index is 407. The smallest absolute Gasteiger partial charge is 0.338 e. The number of halogens is 1. The SMILES string of the molecule is Cc1cc(Cl)c(C(=O)O)c(C#N)c1. The zero-order chi connectivity index (χ0) is 10.0. The van der Waals surface area contributed by atoms with Gasteiger partial charge < -0.3 is 5.11 Å². The molecule has 0 amide bonds. The molecular formula is C9H6ClNO2. The van der Waals surface area contributed by atoms with E-state index in [1.165, 1.54) is 12.1 Å². The molecule has 13 heavy (non-hydrogen) atoms. The van der Waals surface area contributed by atoms with E-state index in [1.807, 2.05) is 0 Å². The number of carboxylic acids is 1. The molecular weight excluding hydrogens is 190 g/mol. The van der Waals surface area contributed by atoms with Crippen LogP contribution in [0.3, 0.4) is 0 Å². The molecule has 0 aliphatic carbocycles. The molecule has 66 valence electrons. The first-order valence-corrected chi connectivity index (χ1v) is 3.87. The van der Waals surface area contributed by atoms with Crippen LogP contribution in [0.5, 0.6) is 0 Å². The van der Waals surface area contributed by atoms with Gasteiger partial charge in [-0.15, -0.1) is 0 Å². The summed E-state index contributed by atoms with van der Waals surface area (Å²) in [6.45, 7) is 1.75.